The van der Waals surface area contributed by atoms with Gasteiger partial charge in [0.05, 0.1) is 0 Å². The zero-order valence-corrected chi connectivity index (χ0v) is 13.4. The third-order valence-corrected chi connectivity index (χ3v) is 3.71. The first-order valence-electron chi connectivity index (χ1n) is 8.48. The predicted molar refractivity (Wildman–Crippen MR) is 85.2 cm³/mol. The Kier molecular flexibility index (Phi) is 10.1. The highest BCUT2D eigenvalue weighted by atomic mass is 16.2. The minimum absolute atomic E-state index is 0.204. The Bertz CT molecular complexity index is 307. The molecular formula is C16H29N3O3. The second kappa shape index (κ2) is 12.0. The molecule has 0 saturated carbocycles. The smallest absolute Gasteiger partial charge is 0.220 e. The standard InChI is InChI=1S/2C6H11NO.C4H7NO/c2*8-6-4-2-1-3-5-7-6;6-4-2-1-3-5-4/h2*1-5H2,(H,7,8);1-3H2,(H,5,6). The average Bonchev–Trinajstić information content (AvgIpc) is 2.73. The molecule has 3 saturated heterocycles. The van der Waals surface area contributed by atoms with E-state index < -0.39 is 0 Å². The molecule has 0 bridgehead atoms. The van der Waals surface area contributed by atoms with E-state index in [9.17, 15) is 14.4 Å². The summed E-state index contributed by atoms with van der Waals surface area (Å²) in [5, 5.41) is 8.29. The van der Waals surface area contributed by atoms with Crippen LogP contribution in [0.4, 0.5) is 0 Å². The number of rotatable bonds is 0. The fourth-order valence-corrected chi connectivity index (χ4v) is 2.37. The lowest BCUT2D eigenvalue weighted by Crippen LogP contribution is -2.21. The van der Waals surface area contributed by atoms with Crippen molar-refractivity contribution in [1.82, 2.24) is 16.0 Å². The molecule has 0 aromatic rings. The first kappa shape index (κ1) is 18.5. The minimum Gasteiger partial charge on any atom is -0.356 e. The number of carbonyl (C=O) groups is 3. The number of carbonyl (C=O) groups excluding carboxylic acids is 3. The molecule has 22 heavy (non-hydrogen) atoms. The van der Waals surface area contributed by atoms with Gasteiger partial charge in [0.15, 0.2) is 0 Å². The van der Waals surface area contributed by atoms with E-state index in [4.69, 9.17) is 0 Å². The normalized spacial score (nSPS) is 21.5. The molecule has 0 radical (unpaired) electrons. The SMILES string of the molecule is O=C1CCCCCN1.O=C1CCCCCN1.O=C1CCCN1. The van der Waals surface area contributed by atoms with Crippen molar-refractivity contribution in [3.8, 4) is 0 Å². The van der Waals surface area contributed by atoms with Crippen LogP contribution in [0.5, 0.6) is 0 Å². The number of amides is 3. The van der Waals surface area contributed by atoms with Crippen LogP contribution < -0.4 is 16.0 Å². The van der Waals surface area contributed by atoms with Gasteiger partial charge < -0.3 is 16.0 Å². The van der Waals surface area contributed by atoms with Crippen LogP contribution in [0.1, 0.15) is 64.2 Å². The van der Waals surface area contributed by atoms with Crippen molar-refractivity contribution < 1.29 is 14.4 Å². The third-order valence-electron chi connectivity index (χ3n) is 3.71. The molecule has 0 spiro atoms. The molecule has 3 N–H and O–H groups in total. The molecule has 3 aliphatic rings. The van der Waals surface area contributed by atoms with Crippen LogP contribution in [0.2, 0.25) is 0 Å². The molecule has 3 rings (SSSR count). The summed E-state index contributed by atoms with van der Waals surface area (Å²) in [6, 6.07) is 0. The van der Waals surface area contributed by atoms with E-state index in [-0.39, 0.29) is 17.7 Å². The van der Waals surface area contributed by atoms with E-state index in [0.717, 1.165) is 71.0 Å². The van der Waals surface area contributed by atoms with Crippen molar-refractivity contribution in [1.29, 1.82) is 0 Å². The van der Waals surface area contributed by atoms with Crippen molar-refractivity contribution in [3.05, 3.63) is 0 Å². The molecule has 6 heteroatoms. The van der Waals surface area contributed by atoms with E-state index >= 15 is 0 Å². The fraction of sp³-hybridized carbons (Fsp3) is 0.812. The molecule has 0 aliphatic carbocycles. The van der Waals surface area contributed by atoms with Crippen LogP contribution in [0.25, 0.3) is 0 Å². The molecule has 0 atom stereocenters. The van der Waals surface area contributed by atoms with Crippen LogP contribution in [0.3, 0.4) is 0 Å². The number of hydrogen-bond donors (Lipinski definition) is 3. The van der Waals surface area contributed by atoms with E-state index in [1.54, 1.807) is 0 Å². The number of nitrogens with one attached hydrogen (secondary N) is 3. The van der Waals surface area contributed by atoms with Crippen molar-refractivity contribution in [2.75, 3.05) is 19.6 Å². The Hall–Kier alpha value is -1.59. The molecule has 3 fully saturated rings. The van der Waals surface area contributed by atoms with E-state index in [0.29, 0.717) is 0 Å². The highest BCUT2D eigenvalue weighted by molar-refractivity contribution is 5.77. The molecule has 3 heterocycles. The third kappa shape index (κ3) is 10.2. The van der Waals surface area contributed by atoms with Crippen LogP contribution >= 0.6 is 0 Å². The lowest BCUT2D eigenvalue weighted by Gasteiger charge is -1.93. The Labute approximate surface area is 132 Å². The maximum absolute atomic E-state index is 10.6. The van der Waals surface area contributed by atoms with Gasteiger partial charge in [0.25, 0.3) is 0 Å². The molecule has 3 aliphatic heterocycles. The first-order chi connectivity index (χ1) is 10.7. The summed E-state index contributed by atoms with van der Waals surface area (Å²) in [7, 11) is 0. The van der Waals surface area contributed by atoms with Crippen LogP contribution in [-0.2, 0) is 14.4 Å². The maximum atomic E-state index is 10.6. The molecule has 3 amide bonds. The van der Waals surface area contributed by atoms with Crippen molar-refractivity contribution in [2.24, 2.45) is 0 Å². The van der Waals surface area contributed by atoms with Crippen LogP contribution in [0, 0.1) is 0 Å². The summed E-state index contributed by atoms with van der Waals surface area (Å²) >= 11 is 0. The van der Waals surface area contributed by atoms with Gasteiger partial charge in [0.1, 0.15) is 0 Å². The molecule has 6 nitrogen and oxygen atoms in total. The molecule has 126 valence electrons. The monoisotopic (exact) mass is 311 g/mol. The van der Waals surface area contributed by atoms with Gasteiger partial charge in [0, 0.05) is 38.9 Å². The van der Waals surface area contributed by atoms with E-state index in [1.807, 2.05) is 0 Å². The van der Waals surface area contributed by atoms with Gasteiger partial charge in [-0.3, -0.25) is 14.4 Å². The molecular weight excluding hydrogens is 282 g/mol. The lowest BCUT2D eigenvalue weighted by molar-refractivity contribution is -0.121. The lowest BCUT2D eigenvalue weighted by atomic mass is 10.2. The van der Waals surface area contributed by atoms with Crippen LogP contribution in [-0.4, -0.2) is 37.4 Å². The summed E-state index contributed by atoms with van der Waals surface area (Å²) < 4.78 is 0. The quantitative estimate of drug-likeness (QED) is 0.629. The van der Waals surface area contributed by atoms with Gasteiger partial charge in [-0.25, -0.2) is 0 Å². The van der Waals surface area contributed by atoms with Gasteiger partial charge in [0.2, 0.25) is 17.7 Å². The fourth-order valence-electron chi connectivity index (χ4n) is 2.37. The number of hydrogen-bond acceptors (Lipinski definition) is 3. The largest absolute Gasteiger partial charge is 0.356 e. The van der Waals surface area contributed by atoms with Gasteiger partial charge in [-0.1, -0.05) is 12.8 Å². The summed E-state index contributed by atoms with van der Waals surface area (Å²) in [6.07, 6.45) is 10.1. The Morgan fingerprint density at radius 3 is 1.18 bits per heavy atom. The van der Waals surface area contributed by atoms with Crippen molar-refractivity contribution in [3.63, 3.8) is 0 Å². The highest BCUT2D eigenvalue weighted by Crippen LogP contribution is 2.02. The maximum Gasteiger partial charge on any atom is 0.220 e. The summed E-state index contributed by atoms with van der Waals surface area (Å²) in [6.45, 7) is 2.66. The highest BCUT2D eigenvalue weighted by Gasteiger charge is 2.05. The second-order valence-corrected chi connectivity index (χ2v) is 5.77. The Balaban J connectivity index is 0.000000167. The Morgan fingerprint density at radius 2 is 0.818 bits per heavy atom. The molecule has 0 unspecified atom stereocenters. The van der Waals surface area contributed by atoms with Crippen molar-refractivity contribution in [2.45, 2.75) is 64.2 Å². The Morgan fingerprint density at radius 1 is 0.455 bits per heavy atom. The van der Waals surface area contributed by atoms with Gasteiger partial charge >= 0.3 is 0 Å². The second-order valence-electron chi connectivity index (χ2n) is 5.77. The first-order valence-corrected chi connectivity index (χ1v) is 8.48. The summed E-state index contributed by atoms with van der Waals surface area (Å²) in [5.74, 6) is 0.653. The predicted octanol–water partition coefficient (Wildman–Crippen LogP) is 1.25. The molecule has 0 aromatic carbocycles. The topological polar surface area (TPSA) is 87.3 Å². The van der Waals surface area contributed by atoms with Crippen LogP contribution in [0.15, 0.2) is 0 Å². The van der Waals surface area contributed by atoms with E-state index in [2.05, 4.69) is 16.0 Å². The zero-order valence-electron chi connectivity index (χ0n) is 13.4. The van der Waals surface area contributed by atoms with E-state index in [1.165, 1.54) is 12.8 Å². The molecule has 0 aromatic heterocycles. The van der Waals surface area contributed by atoms with Crippen molar-refractivity contribution >= 4 is 17.7 Å². The summed E-state index contributed by atoms with van der Waals surface area (Å²) in [4.78, 5) is 31.3. The van der Waals surface area contributed by atoms with Gasteiger partial charge in [-0.15, -0.1) is 0 Å². The zero-order chi connectivity index (χ0) is 16.0. The van der Waals surface area contributed by atoms with Gasteiger partial charge in [-0.2, -0.15) is 0 Å². The average molecular weight is 311 g/mol. The summed E-state index contributed by atoms with van der Waals surface area (Å²) in [5.41, 5.74) is 0. The van der Waals surface area contributed by atoms with Gasteiger partial charge in [-0.05, 0) is 32.1 Å². The minimum atomic E-state index is 0.204.